The van der Waals surface area contributed by atoms with E-state index in [2.05, 4.69) is 0 Å². The molecule has 0 aliphatic carbocycles. The molecule has 2 aromatic rings. The second kappa shape index (κ2) is 4.16. The van der Waals surface area contributed by atoms with Crippen molar-refractivity contribution in [3.63, 3.8) is 0 Å². The lowest BCUT2D eigenvalue weighted by Crippen LogP contribution is -2.10. The summed E-state index contributed by atoms with van der Waals surface area (Å²) >= 11 is 0. The second-order valence-corrected chi connectivity index (χ2v) is 5.61. The lowest BCUT2D eigenvalue weighted by atomic mass is 9.85. The first kappa shape index (κ1) is 13.2. The van der Waals surface area contributed by atoms with Gasteiger partial charge in [-0.25, -0.2) is 4.79 Å². The maximum absolute atomic E-state index is 11.0. The molecule has 0 radical (unpaired) electrons. The van der Waals surface area contributed by atoms with Gasteiger partial charge in [-0.3, -0.25) is 0 Å². The van der Waals surface area contributed by atoms with E-state index in [1.807, 2.05) is 26.8 Å². The fourth-order valence-corrected chi connectivity index (χ4v) is 2.00. The van der Waals surface area contributed by atoms with Crippen molar-refractivity contribution in [3.8, 4) is 11.5 Å². The molecule has 4 nitrogen and oxygen atoms in total. The first-order chi connectivity index (χ1) is 8.71. The Balaban J connectivity index is 2.79. The molecule has 0 aliphatic heterocycles. The molecule has 0 aromatic heterocycles. The molecule has 0 heterocycles. The minimum atomic E-state index is -1.27. The standard InChI is InChI=1S/C15H16O4/c1-15(2,3)9-5-4-8-6-11(14(18)19)13(17)12(16)10(8)7-9/h4-7,16-17H,1-3H3,(H,18,19). The SMILES string of the molecule is CC(C)(C)c1ccc2cc(C(=O)O)c(O)c(O)c2c1. The number of aromatic hydroxyl groups is 2. The largest absolute Gasteiger partial charge is 0.504 e. The summed E-state index contributed by atoms with van der Waals surface area (Å²) in [6.07, 6.45) is 0. The van der Waals surface area contributed by atoms with E-state index in [4.69, 9.17) is 5.11 Å². The van der Waals surface area contributed by atoms with E-state index in [-0.39, 0.29) is 16.7 Å². The lowest BCUT2D eigenvalue weighted by Gasteiger charge is -2.20. The molecule has 100 valence electrons. The van der Waals surface area contributed by atoms with E-state index < -0.39 is 11.7 Å². The van der Waals surface area contributed by atoms with Crippen molar-refractivity contribution in [1.29, 1.82) is 0 Å². The third-order valence-electron chi connectivity index (χ3n) is 3.18. The Labute approximate surface area is 110 Å². The Morgan fingerprint density at radius 2 is 1.68 bits per heavy atom. The van der Waals surface area contributed by atoms with Gasteiger partial charge in [0.2, 0.25) is 0 Å². The highest BCUT2D eigenvalue weighted by Crippen LogP contribution is 2.39. The van der Waals surface area contributed by atoms with Gasteiger partial charge in [-0.05, 0) is 28.5 Å². The number of hydrogen-bond acceptors (Lipinski definition) is 3. The Kier molecular flexibility index (Phi) is 2.89. The molecule has 0 aliphatic rings. The van der Waals surface area contributed by atoms with Gasteiger partial charge in [-0.1, -0.05) is 32.9 Å². The number of phenolic OH excluding ortho intramolecular Hbond substituents is 1. The fraction of sp³-hybridized carbons (Fsp3) is 0.267. The second-order valence-electron chi connectivity index (χ2n) is 5.61. The van der Waals surface area contributed by atoms with Gasteiger partial charge in [0, 0.05) is 5.39 Å². The van der Waals surface area contributed by atoms with Crippen molar-refractivity contribution >= 4 is 16.7 Å². The highest BCUT2D eigenvalue weighted by atomic mass is 16.4. The zero-order chi connectivity index (χ0) is 14.4. The number of phenols is 2. The van der Waals surface area contributed by atoms with Crippen molar-refractivity contribution in [2.24, 2.45) is 0 Å². The van der Waals surface area contributed by atoms with Crippen molar-refractivity contribution < 1.29 is 20.1 Å². The van der Waals surface area contributed by atoms with Gasteiger partial charge in [0.25, 0.3) is 0 Å². The normalized spacial score (nSPS) is 11.7. The predicted molar refractivity (Wildman–Crippen MR) is 72.9 cm³/mol. The summed E-state index contributed by atoms with van der Waals surface area (Å²) < 4.78 is 0. The first-order valence-corrected chi connectivity index (χ1v) is 5.94. The van der Waals surface area contributed by atoms with Crippen LogP contribution in [0.5, 0.6) is 11.5 Å². The van der Waals surface area contributed by atoms with E-state index in [1.54, 1.807) is 12.1 Å². The van der Waals surface area contributed by atoms with Crippen LogP contribution < -0.4 is 0 Å². The minimum Gasteiger partial charge on any atom is -0.504 e. The molecule has 2 rings (SSSR count). The zero-order valence-corrected chi connectivity index (χ0v) is 11.1. The summed E-state index contributed by atoms with van der Waals surface area (Å²) in [4.78, 5) is 11.0. The maximum Gasteiger partial charge on any atom is 0.339 e. The van der Waals surface area contributed by atoms with Crippen molar-refractivity contribution in [1.82, 2.24) is 0 Å². The number of fused-ring (bicyclic) bond motifs is 1. The van der Waals surface area contributed by atoms with E-state index in [0.717, 1.165) is 5.56 Å². The molecule has 0 bridgehead atoms. The molecule has 0 saturated carbocycles. The van der Waals surface area contributed by atoms with Gasteiger partial charge in [0.05, 0.1) is 0 Å². The van der Waals surface area contributed by atoms with E-state index in [0.29, 0.717) is 10.8 Å². The molecule has 0 amide bonds. The Bertz CT molecular complexity index is 666. The first-order valence-electron chi connectivity index (χ1n) is 5.94. The van der Waals surface area contributed by atoms with Crippen LogP contribution in [0.3, 0.4) is 0 Å². The van der Waals surface area contributed by atoms with Gasteiger partial charge in [-0.2, -0.15) is 0 Å². The van der Waals surface area contributed by atoms with Crippen LogP contribution in [0.15, 0.2) is 24.3 Å². The molecule has 4 heteroatoms. The lowest BCUT2D eigenvalue weighted by molar-refractivity contribution is 0.0693. The molecule has 3 N–H and O–H groups in total. The van der Waals surface area contributed by atoms with Crippen LogP contribution in [0.25, 0.3) is 10.8 Å². The molecular formula is C15H16O4. The number of aromatic carboxylic acids is 1. The molecular weight excluding hydrogens is 244 g/mol. The van der Waals surface area contributed by atoms with Crippen LogP contribution in [0, 0.1) is 0 Å². The monoisotopic (exact) mass is 260 g/mol. The predicted octanol–water partition coefficient (Wildman–Crippen LogP) is 3.25. The van der Waals surface area contributed by atoms with Crippen LogP contribution >= 0.6 is 0 Å². The van der Waals surface area contributed by atoms with Crippen molar-refractivity contribution in [2.75, 3.05) is 0 Å². The van der Waals surface area contributed by atoms with Gasteiger partial charge in [-0.15, -0.1) is 0 Å². The van der Waals surface area contributed by atoms with Crippen LogP contribution in [0.1, 0.15) is 36.7 Å². The van der Waals surface area contributed by atoms with Crippen LogP contribution in [0.4, 0.5) is 0 Å². The number of carboxylic acids is 1. The molecule has 19 heavy (non-hydrogen) atoms. The average Bonchev–Trinajstić information content (AvgIpc) is 2.31. The summed E-state index contributed by atoms with van der Waals surface area (Å²) in [6, 6.07) is 6.78. The zero-order valence-electron chi connectivity index (χ0n) is 11.1. The maximum atomic E-state index is 11.0. The van der Waals surface area contributed by atoms with Gasteiger partial charge < -0.3 is 15.3 Å². The highest BCUT2D eigenvalue weighted by molar-refractivity contribution is 6.01. The van der Waals surface area contributed by atoms with Crippen LogP contribution in [0.2, 0.25) is 0 Å². The van der Waals surface area contributed by atoms with Gasteiger partial charge in [0.15, 0.2) is 11.5 Å². The number of carbonyl (C=O) groups is 1. The third-order valence-corrected chi connectivity index (χ3v) is 3.18. The van der Waals surface area contributed by atoms with E-state index in [1.165, 1.54) is 6.07 Å². The number of rotatable bonds is 1. The van der Waals surface area contributed by atoms with Gasteiger partial charge >= 0.3 is 5.97 Å². The molecule has 0 atom stereocenters. The Hall–Kier alpha value is -2.23. The Morgan fingerprint density at radius 1 is 1.05 bits per heavy atom. The molecule has 0 saturated heterocycles. The fourth-order valence-electron chi connectivity index (χ4n) is 2.00. The van der Waals surface area contributed by atoms with E-state index in [9.17, 15) is 15.0 Å². The summed E-state index contributed by atoms with van der Waals surface area (Å²) in [6.45, 7) is 6.12. The summed E-state index contributed by atoms with van der Waals surface area (Å²) in [5.41, 5.74) is 0.605. The quantitative estimate of drug-likeness (QED) is 0.688. The average molecular weight is 260 g/mol. The van der Waals surface area contributed by atoms with Crippen molar-refractivity contribution in [3.05, 3.63) is 35.4 Å². The van der Waals surface area contributed by atoms with Crippen LogP contribution in [-0.2, 0) is 5.41 Å². The molecule has 0 unspecified atom stereocenters. The van der Waals surface area contributed by atoms with Gasteiger partial charge in [0.1, 0.15) is 5.56 Å². The molecule has 0 spiro atoms. The third kappa shape index (κ3) is 2.21. The highest BCUT2D eigenvalue weighted by Gasteiger charge is 2.19. The summed E-state index contributed by atoms with van der Waals surface area (Å²) in [7, 11) is 0. The van der Waals surface area contributed by atoms with E-state index >= 15 is 0 Å². The summed E-state index contributed by atoms with van der Waals surface area (Å²) in [5, 5.41) is 29.7. The minimum absolute atomic E-state index is 0.0955. The number of hydrogen-bond donors (Lipinski definition) is 3. The van der Waals surface area contributed by atoms with Crippen molar-refractivity contribution in [2.45, 2.75) is 26.2 Å². The Morgan fingerprint density at radius 3 is 2.21 bits per heavy atom. The summed E-state index contributed by atoms with van der Waals surface area (Å²) in [5.74, 6) is -2.25. The molecule has 0 fully saturated rings. The number of benzene rings is 2. The van der Waals surface area contributed by atoms with Crippen LogP contribution in [-0.4, -0.2) is 21.3 Å². The molecule has 2 aromatic carbocycles. The smallest absolute Gasteiger partial charge is 0.339 e. The number of carboxylic acid groups (broad SMARTS) is 1. The topological polar surface area (TPSA) is 77.8 Å².